The molecule has 0 radical (unpaired) electrons. The average Bonchev–Trinajstić information content (AvgIpc) is 3.47. The Labute approximate surface area is 212 Å². The molecule has 1 N–H and O–H groups in total. The Morgan fingerprint density at radius 2 is 1.89 bits per heavy atom. The summed E-state index contributed by atoms with van der Waals surface area (Å²) < 4.78 is 68.3. The molecule has 1 saturated heterocycles. The van der Waals surface area contributed by atoms with E-state index in [0.29, 0.717) is 6.42 Å². The van der Waals surface area contributed by atoms with E-state index in [1.54, 1.807) is 11.8 Å². The summed E-state index contributed by atoms with van der Waals surface area (Å²) >= 11 is 0. The van der Waals surface area contributed by atoms with Crippen molar-refractivity contribution in [1.82, 2.24) is 9.88 Å². The number of anilines is 2. The molecule has 1 amide bonds. The molecule has 2 heterocycles. The van der Waals surface area contributed by atoms with Crippen molar-refractivity contribution in [2.24, 2.45) is 0 Å². The summed E-state index contributed by atoms with van der Waals surface area (Å²) in [6.07, 6.45) is -2.52. The van der Waals surface area contributed by atoms with Crippen LogP contribution in [0.5, 0.6) is 0 Å². The number of carbonyl (C=O) groups is 1. The Kier molecular flexibility index (Phi) is 7.75. The van der Waals surface area contributed by atoms with E-state index in [1.807, 2.05) is 11.9 Å². The Balaban J connectivity index is 1.71. The van der Waals surface area contributed by atoms with Crippen LogP contribution < -0.4 is 9.80 Å². The smallest absolute Gasteiger partial charge is 0.391 e. The van der Waals surface area contributed by atoms with Crippen LogP contribution in [0.15, 0.2) is 30.3 Å². The minimum atomic E-state index is -4.59. The molecule has 4 rings (SSSR count). The zero-order valence-corrected chi connectivity index (χ0v) is 21.0. The van der Waals surface area contributed by atoms with Crippen molar-refractivity contribution in [3.63, 3.8) is 0 Å². The number of pyridine rings is 1. The number of hydrogen-bond donors (Lipinski definition) is 1. The molecule has 0 unspecified atom stereocenters. The lowest BCUT2D eigenvalue weighted by Gasteiger charge is -2.32. The number of aryl methyl sites for hydroxylation is 1. The number of aliphatic hydroxyl groups excluding tert-OH is 1. The first kappa shape index (κ1) is 27.3. The van der Waals surface area contributed by atoms with Gasteiger partial charge in [0.05, 0.1) is 11.7 Å². The molecule has 1 aromatic heterocycles. The van der Waals surface area contributed by atoms with Gasteiger partial charge in [-0.2, -0.15) is 13.2 Å². The first-order valence-electron chi connectivity index (χ1n) is 12.4. The first-order chi connectivity index (χ1) is 17.4. The molecule has 1 aliphatic heterocycles. The third-order valence-electron chi connectivity index (χ3n) is 7.47. The predicted octanol–water partition coefficient (Wildman–Crippen LogP) is 4.53. The van der Waals surface area contributed by atoms with Crippen LogP contribution in [0, 0.1) is 18.6 Å². The molecule has 0 bridgehead atoms. The monoisotopic (exact) mass is 526 g/mol. The van der Waals surface area contributed by atoms with Crippen LogP contribution in [0.3, 0.4) is 0 Å². The van der Waals surface area contributed by atoms with Gasteiger partial charge in [-0.3, -0.25) is 9.69 Å². The number of halogens is 5. The Bertz CT molecular complexity index is 1140. The van der Waals surface area contributed by atoms with E-state index in [2.05, 4.69) is 4.98 Å². The molecule has 1 aromatic carbocycles. The topological polar surface area (TPSA) is 59.9 Å². The quantitative estimate of drug-likeness (QED) is 0.561. The van der Waals surface area contributed by atoms with Gasteiger partial charge in [-0.15, -0.1) is 0 Å². The van der Waals surface area contributed by atoms with Gasteiger partial charge >= 0.3 is 6.18 Å². The standard InChI is InChI=1S/C26H31F5N4O2/c1-4-34(17-8-9-19(27)20(28)12-17)25(37)22-13-18(33(3)21-6-5-7-23(21)36)14-35(22)24-11-16(26(29,30)31)10-15(2)32-24/h8-12,18,21-23,36H,4-7,13-14H2,1-3H3/t18-,21+,22-,23+/m0/s1. The van der Waals surface area contributed by atoms with Crippen LogP contribution in [0.1, 0.15) is 43.9 Å². The number of benzene rings is 1. The Morgan fingerprint density at radius 1 is 1.16 bits per heavy atom. The lowest BCUT2D eigenvalue weighted by Crippen LogP contribution is -2.46. The fourth-order valence-corrected chi connectivity index (χ4v) is 5.52. The van der Waals surface area contributed by atoms with Gasteiger partial charge < -0.3 is 14.9 Å². The molecule has 2 fully saturated rings. The number of aromatic nitrogens is 1. The third kappa shape index (κ3) is 5.57. The molecule has 0 spiro atoms. The summed E-state index contributed by atoms with van der Waals surface area (Å²) in [6.45, 7) is 3.51. The van der Waals surface area contributed by atoms with E-state index < -0.39 is 41.4 Å². The molecule has 202 valence electrons. The predicted molar refractivity (Wildman–Crippen MR) is 129 cm³/mol. The van der Waals surface area contributed by atoms with Gasteiger partial charge in [0.1, 0.15) is 11.9 Å². The van der Waals surface area contributed by atoms with Gasteiger partial charge in [0.25, 0.3) is 0 Å². The van der Waals surface area contributed by atoms with Crippen molar-refractivity contribution in [1.29, 1.82) is 0 Å². The zero-order chi connectivity index (χ0) is 27.1. The van der Waals surface area contributed by atoms with Crippen molar-refractivity contribution in [2.75, 3.05) is 29.9 Å². The number of rotatable bonds is 6. The molecular formula is C26H31F5N4O2. The normalized spacial score (nSPS) is 24.2. The van der Waals surface area contributed by atoms with Crippen LogP contribution in [0.25, 0.3) is 0 Å². The van der Waals surface area contributed by atoms with E-state index in [9.17, 15) is 31.9 Å². The largest absolute Gasteiger partial charge is 0.416 e. The first-order valence-corrected chi connectivity index (χ1v) is 12.4. The lowest BCUT2D eigenvalue weighted by molar-refractivity contribution is -0.137. The van der Waals surface area contributed by atoms with E-state index in [1.165, 1.54) is 17.9 Å². The van der Waals surface area contributed by atoms with Crippen molar-refractivity contribution in [3.8, 4) is 0 Å². The number of alkyl halides is 3. The molecule has 1 saturated carbocycles. The van der Waals surface area contributed by atoms with Crippen LogP contribution in [-0.2, 0) is 11.0 Å². The molecular weight excluding hydrogens is 495 g/mol. The second kappa shape index (κ2) is 10.5. The summed E-state index contributed by atoms with van der Waals surface area (Å²) in [5.74, 6) is -2.58. The second-order valence-electron chi connectivity index (χ2n) is 9.82. The van der Waals surface area contributed by atoms with E-state index in [0.717, 1.165) is 37.1 Å². The second-order valence-corrected chi connectivity index (χ2v) is 9.82. The molecule has 2 aromatic rings. The highest BCUT2D eigenvalue weighted by Gasteiger charge is 2.44. The fourth-order valence-electron chi connectivity index (χ4n) is 5.52. The van der Waals surface area contributed by atoms with Crippen molar-refractivity contribution in [2.45, 2.75) is 69.9 Å². The summed E-state index contributed by atoms with van der Waals surface area (Å²) in [5.41, 5.74) is -0.549. The van der Waals surface area contributed by atoms with Crippen LogP contribution >= 0.6 is 0 Å². The van der Waals surface area contributed by atoms with Gasteiger partial charge in [0, 0.05) is 42.6 Å². The van der Waals surface area contributed by atoms with Gasteiger partial charge in [-0.05, 0) is 70.8 Å². The summed E-state index contributed by atoms with van der Waals surface area (Å²) in [4.78, 5) is 23.0. The fraction of sp³-hybridized carbons (Fsp3) is 0.538. The highest BCUT2D eigenvalue weighted by atomic mass is 19.4. The van der Waals surface area contributed by atoms with E-state index >= 15 is 0 Å². The maximum absolute atomic E-state index is 14.0. The third-order valence-corrected chi connectivity index (χ3v) is 7.47. The molecule has 4 atom stereocenters. The molecule has 1 aliphatic carbocycles. The van der Waals surface area contributed by atoms with Crippen LogP contribution in [-0.4, -0.2) is 65.3 Å². The molecule has 2 aliphatic rings. The maximum atomic E-state index is 14.0. The highest BCUT2D eigenvalue weighted by molar-refractivity contribution is 5.99. The zero-order valence-electron chi connectivity index (χ0n) is 21.0. The van der Waals surface area contributed by atoms with Gasteiger partial charge in [0.15, 0.2) is 11.6 Å². The highest BCUT2D eigenvalue weighted by Crippen LogP contribution is 2.36. The summed E-state index contributed by atoms with van der Waals surface area (Å²) in [5, 5.41) is 10.4. The van der Waals surface area contributed by atoms with E-state index in [-0.39, 0.29) is 48.8 Å². The summed E-state index contributed by atoms with van der Waals surface area (Å²) in [6, 6.07) is 3.79. The van der Waals surface area contributed by atoms with Crippen molar-refractivity contribution >= 4 is 17.4 Å². The molecule has 6 nitrogen and oxygen atoms in total. The Hall–Kier alpha value is -2.79. The van der Waals surface area contributed by atoms with Crippen LogP contribution in [0.4, 0.5) is 33.5 Å². The van der Waals surface area contributed by atoms with Gasteiger partial charge in [0.2, 0.25) is 5.91 Å². The number of aliphatic hydroxyl groups is 1. The van der Waals surface area contributed by atoms with Crippen molar-refractivity contribution < 1.29 is 31.9 Å². The number of amides is 1. The number of hydrogen-bond acceptors (Lipinski definition) is 5. The Morgan fingerprint density at radius 3 is 2.49 bits per heavy atom. The lowest BCUT2D eigenvalue weighted by atomic mass is 10.1. The van der Waals surface area contributed by atoms with Gasteiger partial charge in [-0.25, -0.2) is 13.8 Å². The summed E-state index contributed by atoms with van der Waals surface area (Å²) in [7, 11) is 1.85. The minimum absolute atomic E-state index is 0.0230. The number of carbonyl (C=O) groups excluding carboxylic acids is 1. The maximum Gasteiger partial charge on any atom is 0.416 e. The average molecular weight is 527 g/mol. The molecule has 11 heteroatoms. The number of nitrogens with zero attached hydrogens (tertiary/aromatic N) is 4. The van der Waals surface area contributed by atoms with E-state index in [4.69, 9.17) is 0 Å². The SMILES string of the molecule is CCN(C(=O)[C@@H]1C[C@H](N(C)[C@@H]2CCC[C@H]2O)CN1c1cc(C(F)(F)F)cc(C)n1)c1ccc(F)c(F)c1. The number of likely N-dealkylation sites (N-methyl/N-ethyl adjacent to an activating group) is 2. The van der Waals surface area contributed by atoms with Crippen LogP contribution in [0.2, 0.25) is 0 Å². The molecule has 37 heavy (non-hydrogen) atoms. The minimum Gasteiger partial charge on any atom is -0.391 e. The van der Waals surface area contributed by atoms with Gasteiger partial charge in [-0.1, -0.05) is 0 Å². The van der Waals surface area contributed by atoms with Crippen molar-refractivity contribution in [3.05, 3.63) is 53.2 Å².